The van der Waals surface area contributed by atoms with Crippen LogP contribution in [0.3, 0.4) is 0 Å². The summed E-state index contributed by atoms with van der Waals surface area (Å²) in [5, 5.41) is 12.7. The van der Waals surface area contributed by atoms with Crippen molar-refractivity contribution in [2.24, 2.45) is 5.92 Å². The van der Waals surface area contributed by atoms with Crippen LogP contribution in [0, 0.1) is 12.8 Å². The van der Waals surface area contributed by atoms with Gasteiger partial charge in [0.2, 0.25) is 0 Å². The molecule has 0 saturated heterocycles. The highest BCUT2D eigenvalue weighted by Gasteiger charge is 2.20. The Morgan fingerprint density at radius 3 is 2.57 bits per heavy atom. The first kappa shape index (κ1) is 17.8. The standard InChI is InChI=1S/C16H24ClNO3/c1-10(2)7-14(9-19)18-16(20)12(4)21-15-6-5-13(17)8-11(15)3/h5-6,8,10,12,14,19H,7,9H2,1-4H3,(H,18,20). The van der Waals surface area contributed by atoms with Crippen LogP contribution < -0.4 is 10.1 Å². The number of hydrogen-bond acceptors (Lipinski definition) is 3. The zero-order valence-corrected chi connectivity index (χ0v) is 13.8. The zero-order valence-electron chi connectivity index (χ0n) is 13.0. The number of aliphatic hydroxyl groups is 1. The van der Waals surface area contributed by atoms with Crippen molar-refractivity contribution in [3.63, 3.8) is 0 Å². The van der Waals surface area contributed by atoms with Crippen LogP contribution in [0.2, 0.25) is 5.02 Å². The zero-order chi connectivity index (χ0) is 16.0. The molecule has 1 aromatic rings. The summed E-state index contributed by atoms with van der Waals surface area (Å²) in [6.07, 6.45) is 0.0978. The molecule has 0 radical (unpaired) electrons. The first-order valence-electron chi connectivity index (χ1n) is 7.17. The maximum absolute atomic E-state index is 12.1. The number of rotatable bonds is 7. The van der Waals surface area contributed by atoms with E-state index in [9.17, 15) is 9.90 Å². The lowest BCUT2D eigenvalue weighted by atomic mass is 10.0. The molecule has 21 heavy (non-hydrogen) atoms. The Morgan fingerprint density at radius 1 is 1.38 bits per heavy atom. The summed E-state index contributed by atoms with van der Waals surface area (Å²) in [6, 6.07) is 5.02. The van der Waals surface area contributed by atoms with Crippen LogP contribution in [0.25, 0.3) is 0 Å². The summed E-state index contributed by atoms with van der Waals surface area (Å²) in [7, 11) is 0. The lowest BCUT2D eigenvalue weighted by Gasteiger charge is -2.22. The van der Waals surface area contributed by atoms with Crippen molar-refractivity contribution in [3.05, 3.63) is 28.8 Å². The fourth-order valence-electron chi connectivity index (χ4n) is 2.06. The third-order valence-electron chi connectivity index (χ3n) is 3.13. The van der Waals surface area contributed by atoms with E-state index in [1.165, 1.54) is 0 Å². The van der Waals surface area contributed by atoms with Gasteiger partial charge >= 0.3 is 0 Å². The first-order chi connectivity index (χ1) is 9.83. The van der Waals surface area contributed by atoms with Gasteiger partial charge in [0.1, 0.15) is 5.75 Å². The topological polar surface area (TPSA) is 58.6 Å². The van der Waals surface area contributed by atoms with Crippen molar-refractivity contribution in [2.45, 2.75) is 46.3 Å². The van der Waals surface area contributed by atoms with E-state index in [2.05, 4.69) is 5.32 Å². The minimum atomic E-state index is -0.633. The molecule has 2 N–H and O–H groups in total. The predicted octanol–water partition coefficient (Wildman–Crippen LogP) is 2.94. The number of aliphatic hydroxyl groups excluding tert-OH is 1. The molecule has 0 fully saturated rings. The van der Waals surface area contributed by atoms with Gasteiger partial charge in [0, 0.05) is 5.02 Å². The molecule has 5 heteroatoms. The fraction of sp³-hybridized carbons (Fsp3) is 0.562. The van der Waals surface area contributed by atoms with E-state index < -0.39 is 6.10 Å². The van der Waals surface area contributed by atoms with E-state index in [1.807, 2.05) is 20.8 Å². The molecule has 0 aliphatic rings. The Hall–Kier alpha value is -1.26. The summed E-state index contributed by atoms with van der Waals surface area (Å²) in [6.45, 7) is 7.59. The van der Waals surface area contributed by atoms with Crippen LogP contribution in [0.1, 0.15) is 32.8 Å². The van der Waals surface area contributed by atoms with Crippen LogP contribution in [-0.4, -0.2) is 29.8 Å². The van der Waals surface area contributed by atoms with Crippen molar-refractivity contribution >= 4 is 17.5 Å². The molecule has 0 aliphatic heterocycles. The second-order valence-electron chi connectivity index (χ2n) is 5.69. The van der Waals surface area contributed by atoms with Gasteiger partial charge in [-0.05, 0) is 49.9 Å². The third-order valence-corrected chi connectivity index (χ3v) is 3.37. The van der Waals surface area contributed by atoms with Crippen molar-refractivity contribution in [1.29, 1.82) is 0 Å². The second-order valence-corrected chi connectivity index (χ2v) is 6.12. The van der Waals surface area contributed by atoms with Gasteiger partial charge in [0.15, 0.2) is 6.10 Å². The van der Waals surface area contributed by atoms with Gasteiger partial charge < -0.3 is 15.2 Å². The summed E-state index contributed by atoms with van der Waals surface area (Å²) in [5.41, 5.74) is 0.878. The second kappa shape index (κ2) is 8.25. The van der Waals surface area contributed by atoms with Crippen LogP contribution in [0.15, 0.2) is 18.2 Å². The Bertz CT molecular complexity index is 477. The van der Waals surface area contributed by atoms with Gasteiger partial charge in [0.25, 0.3) is 5.91 Å². The maximum atomic E-state index is 12.1. The molecule has 118 valence electrons. The van der Waals surface area contributed by atoms with Crippen molar-refractivity contribution in [2.75, 3.05) is 6.61 Å². The number of carbonyl (C=O) groups excluding carboxylic acids is 1. The summed E-state index contributed by atoms with van der Waals surface area (Å²) in [5.74, 6) is 0.799. The van der Waals surface area contributed by atoms with E-state index in [-0.39, 0.29) is 18.6 Å². The number of hydrogen-bond donors (Lipinski definition) is 2. The molecular formula is C16H24ClNO3. The molecule has 0 spiro atoms. The van der Waals surface area contributed by atoms with Gasteiger partial charge in [-0.1, -0.05) is 25.4 Å². The average Bonchev–Trinajstić information content (AvgIpc) is 2.40. The molecule has 2 unspecified atom stereocenters. The van der Waals surface area contributed by atoms with Crippen molar-refractivity contribution < 1.29 is 14.6 Å². The highest BCUT2D eigenvalue weighted by Crippen LogP contribution is 2.22. The number of nitrogens with one attached hydrogen (secondary N) is 1. The Balaban J connectivity index is 2.61. The minimum absolute atomic E-state index is 0.0728. The first-order valence-corrected chi connectivity index (χ1v) is 7.55. The van der Waals surface area contributed by atoms with E-state index >= 15 is 0 Å². The highest BCUT2D eigenvalue weighted by atomic mass is 35.5. The Kier molecular flexibility index (Phi) is 6.99. The lowest BCUT2D eigenvalue weighted by molar-refractivity contribution is -0.128. The van der Waals surface area contributed by atoms with Gasteiger partial charge in [-0.25, -0.2) is 0 Å². The fourth-order valence-corrected chi connectivity index (χ4v) is 2.28. The SMILES string of the molecule is Cc1cc(Cl)ccc1OC(C)C(=O)NC(CO)CC(C)C. The van der Waals surface area contributed by atoms with E-state index in [1.54, 1.807) is 25.1 Å². The molecule has 1 amide bonds. The van der Waals surface area contributed by atoms with Crippen LogP contribution in [0.5, 0.6) is 5.75 Å². The minimum Gasteiger partial charge on any atom is -0.481 e. The quantitative estimate of drug-likeness (QED) is 0.813. The van der Waals surface area contributed by atoms with Gasteiger partial charge in [-0.2, -0.15) is 0 Å². The smallest absolute Gasteiger partial charge is 0.261 e. The third kappa shape index (κ3) is 5.94. The molecule has 0 bridgehead atoms. The number of halogens is 1. The van der Waals surface area contributed by atoms with Crippen molar-refractivity contribution in [1.82, 2.24) is 5.32 Å². The van der Waals surface area contributed by atoms with Crippen LogP contribution in [-0.2, 0) is 4.79 Å². The van der Waals surface area contributed by atoms with E-state index in [4.69, 9.17) is 16.3 Å². The lowest BCUT2D eigenvalue weighted by Crippen LogP contribution is -2.44. The molecule has 0 heterocycles. The number of amides is 1. The van der Waals surface area contributed by atoms with Crippen molar-refractivity contribution in [3.8, 4) is 5.75 Å². The monoisotopic (exact) mass is 313 g/mol. The number of benzene rings is 1. The van der Waals surface area contributed by atoms with E-state index in [0.29, 0.717) is 16.7 Å². The van der Waals surface area contributed by atoms with E-state index in [0.717, 1.165) is 12.0 Å². The summed E-state index contributed by atoms with van der Waals surface area (Å²) < 4.78 is 5.66. The number of carbonyl (C=O) groups is 1. The largest absolute Gasteiger partial charge is 0.481 e. The molecule has 0 aliphatic carbocycles. The Labute approximate surface area is 131 Å². The number of aryl methyl sites for hydroxylation is 1. The van der Waals surface area contributed by atoms with Gasteiger partial charge in [-0.15, -0.1) is 0 Å². The predicted molar refractivity (Wildman–Crippen MR) is 84.8 cm³/mol. The molecule has 0 saturated carbocycles. The molecule has 1 aromatic carbocycles. The average molecular weight is 314 g/mol. The molecular weight excluding hydrogens is 290 g/mol. The maximum Gasteiger partial charge on any atom is 0.261 e. The molecule has 1 rings (SSSR count). The normalized spacial score (nSPS) is 13.9. The van der Waals surface area contributed by atoms with Crippen LogP contribution >= 0.6 is 11.6 Å². The van der Waals surface area contributed by atoms with Gasteiger partial charge in [-0.3, -0.25) is 4.79 Å². The summed E-state index contributed by atoms with van der Waals surface area (Å²) in [4.78, 5) is 12.1. The molecule has 0 aromatic heterocycles. The van der Waals surface area contributed by atoms with Crippen LogP contribution in [0.4, 0.5) is 0 Å². The highest BCUT2D eigenvalue weighted by molar-refractivity contribution is 6.30. The summed E-state index contributed by atoms with van der Waals surface area (Å²) >= 11 is 5.89. The molecule has 2 atom stereocenters. The molecule has 4 nitrogen and oxygen atoms in total. The Morgan fingerprint density at radius 2 is 2.05 bits per heavy atom. The number of ether oxygens (including phenoxy) is 1. The van der Waals surface area contributed by atoms with Gasteiger partial charge in [0.05, 0.1) is 12.6 Å².